The maximum absolute atomic E-state index is 13.6. The molecule has 6 aromatic heterocycles. The Labute approximate surface area is 499 Å². The zero-order chi connectivity index (χ0) is 59.8. The van der Waals surface area contributed by atoms with E-state index in [1.807, 2.05) is 0 Å². The van der Waals surface area contributed by atoms with Crippen molar-refractivity contribution < 1.29 is 4.79 Å². The van der Waals surface area contributed by atoms with Crippen molar-refractivity contribution in [3.8, 4) is 0 Å². The molecular formula is C75H92N8O. The number of carbonyl (C=O) groups is 1. The predicted molar refractivity (Wildman–Crippen MR) is 361 cm³/mol. The number of aldehydes is 1. The van der Waals surface area contributed by atoms with Gasteiger partial charge in [0.15, 0.2) is 6.29 Å². The van der Waals surface area contributed by atoms with Crippen LogP contribution in [0.15, 0.2) is 30.3 Å². The van der Waals surface area contributed by atoms with Crippen molar-refractivity contribution in [1.82, 2.24) is 39.9 Å². The van der Waals surface area contributed by atoms with E-state index in [9.17, 15) is 4.79 Å². The SMILES string of the molecule is CCC1=C(CC)c2cc3[nH]c(c(/C=C/c4c5nc(cc6[nH]c(c(C=O)c7nc(cc8[nH]c4c(CC)c8CC)C(CC)=C7CC)c(CC)c6CC)C(CC)=C5CC)c4nc(cc5[nH]c(cc1n2)c(CC)c5CC)C(CC)=C4CC)c(CC)c3CC. The number of fused-ring (bicyclic) bond motifs is 16. The van der Waals surface area contributed by atoms with E-state index in [2.05, 4.69) is 173 Å². The summed E-state index contributed by atoms with van der Waals surface area (Å²) in [4.78, 5) is 52.6. The van der Waals surface area contributed by atoms with E-state index in [0.29, 0.717) is 5.56 Å². The monoisotopic (exact) mass is 1120 g/mol. The molecule has 0 unspecified atom stereocenters. The number of hydrogen-bond donors (Lipinski definition) is 4. The summed E-state index contributed by atoms with van der Waals surface area (Å²) in [6, 6.07) is 11.6. The van der Waals surface area contributed by atoms with E-state index < -0.39 is 0 Å². The van der Waals surface area contributed by atoms with Crippen molar-refractivity contribution in [2.75, 3.05) is 0 Å². The summed E-state index contributed by atoms with van der Waals surface area (Å²) in [5.74, 6) is 0. The van der Waals surface area contributed by atoms with Gasteiger partial charge in [-0.3, -0.25) is 4.79 Å². The number of hydrogen-bond acceptors (Lipinski definition) is 5. The van der Waals surface area contributed by atoms with Crippen LogP contribution < -0.4 is 0 Å². The molecule has 0 saturated heterocycles. The number of aromatic nitrogens is 8. The Balaban J connectivity index is 1.44. The molecule has 16 bridgehead atoms. The van der Waals surface area contributed by atoms with Crippen LogP contribution in [0.3, 0.4) is 0 Å². The molecule has 0 amide bonds. The molecule has 0 saturated carbocycles. The molecule has 0 aromatic carbocycles. The second-order valence-electron chi connectivity index (χ2n) is 22.8. The van der Waals surface area contributed by atoms with Crippen LogP contribution >= 0.6 is 0 Å². The fourth-order valence-electron chi connectivity index (χ4n) is 15.2. The van der Waals surface area contributed by atoms with Crippen molar-refractivity contribution in [1.29, 1.82) is 0 Å². The second-order valence-corrected chi connectivity index (χ2v) is 22.8. The van der Waals surface area contributed by atoms with Crippen LogP contribution in [0.4, 0.5) is 0 Å². The van der Waals surface area contributed by atoms with E-state index in [4.69, 9.17) is 19.9 Å². The van der Waals surface area contributed by atoms with Crippen molar-refractivity contribution in [2.45, 2.75) is 214 Å². The van der Waals surface area contributed by atoms with E-state index in [1.165, 1.54) is 83.5 Å². The molecule has 0 fully saturated rings. The smallest absolute Gasteiger partial charge is 0.154 e. The number of aromatic amines is 4. The Morgan fingerprint density at radius 1 is 0.274 bits per heavy atom. The van der Waals surface area contributed by atoms with Gasteiger partial charge < -0.3 is 19.9 Å². The zero-order valence-electron chi connectivity index (χ0n) is 53.6. The molecule has 10 heterocycles. The maximum atomic E-state index is 13.6. The maximum Gasteiger partial charge on any atom is 0.154 e. The highest BCUT2D eigenvalue weighted by Gasteiger charge is 2.29. The lowest BCUT2D eigenvalue weighted by molar-refractivity contribution is 0.112. The molecule has 9 nitrogen and oxygen atoms in total. The van der Waals surface area contributed by atoms with E-state index in [1.54, 1.807) is 0 Å². The van der Waals surface area contributed by atoms with E-state index >= 15 is 0 Å². The van der Waals surface area contributed by atoms with Crippen molar-refractivity contribution >= 4 is 107 Å². The summed E-state index contributed by atoms with van der Waals surface area (Å²) in [5, 5.41) is 0. The number of carbonyl (C=O) groups excluding carboxylic acids is 1. The third-order valence-corrected chi connectivity index (χ3v) is 19.0. The van der Waals surface area contributed by atoms with Gasteiger partial charge in [0.1, 0.15) is 0 Å². The molecule has 0 spiro atoms. The third kappa shape index (κ3) is 9.75. The van der Waals surface area contributed by atoms with Gasteiger partial charge in [-0.1, -0.05) is 111 Å². The number of rotatable bonds is 19. The van der Waals surface area contributed by atoms with Gasteiger partial charge in [0.05, 0.1) is 67.7 Å². The molecule has 84 heavy (non-hydrogen) atoms. The minimum atomic E-state index is 0.632. The summed E-state index contributed by atoms with van der Waals surface area (Å²) in [5.41, 5.74) is 39.5. The number of nitrogens with one attached hydrogen (secondary N) is 4. The molecule has 438 valence electrons. The lowest BCUT2D eigenvalue weighted by Gasteiger charge is -2.09. The number of aryl methyl sites for hydroxylation is 8. The number of allylic oxidation sites excluding steroid dienone is 8. The summed E-state index contributed by atoms with van der Waals surface area (Å²) in [6.45, 7) is 36.3. The van der Waals surface area contributed by atoms with Crippen molar-refractivity contribution in [2.24, 2.45) is 0 Å². The average molecular weight is 1120 g/mol. The Kier molecular flexibility index (Phi) is 17.8. The van der Waals surface area contributed by atoms with Crippen LogP contribution in [-0.4, -0.2) is 46.2 Å². The van der Waals surface area contributed by atoms with Gasteiger partial charge in [-0.2, -0.15) is 0 Å². The average Bonchev–Trinajstić information content (AvgIpc) is 3.18. The molecule has 4 aliphatic rings. The standard InChI is InChI=1S/C75H92N8O/c1-17-41-43(19-3)62-36-64-45(21-5)51(27-11)70(78-64)57(71-52(28-12)46(22-6)65(79-71)37-63-44(20-4)42(18-2)61(77-63)35-60(41)76-62)33-34-58-72-53(29-13)47(23-7)66(80-72)38-68-49(25-9)55(31-15)74(82-68)59(40-84)75-56(32-16)50(26-10)69(83-75)39-67-48(24-8)54(30-14)73(58)81-67/h33-40,76,79-80,83H,17-32H2,1-16H3/b34-33+,60-35?,61-35?,62-36?,63-37?,64-36?,65-37?,66-38?,67-39?,68-38?,69-39?,70-57?,71-57?,72-58?,73-58?,74-59?,75-59?. The lowest BCUT2D eigenvalue weighted by atomic mass is 9.94. The number of nitrogens with zero attached hydrogens (tertiary/aromatic N) is 4. The molecule has 0 aliphatic carbocycles. The van der Waals surface area contributed by atoms with Gasteiger partial charge >= 0.3 is 0 Å². The Morgan fingerprint density at radius 2 is 0.500 bits per heavy atom. The molecule has 0 atom stereocenters. The minimum absolute atomic E-state index is 0.632. The molecular weight excluding hydrogens is 1030 g/mol. The van der Waals surface area contributed by atoms with Gasteiger partial charge in [-0.05, 0) is 234 Å². The van der Waals surface area contributed by atoms with E-state index in [0.717, 1.165) is 215 Å². The first-order valence-electron chi connectivity index (χ1n) is 32.6. The Morgan fingerprint density at radius 3 is 0.762 bits per heavy atom. The Bertz CT molecular complexity index is 4160. The van der Waals surface area contributed by atoms with E-state index in [-0.39, 0.29) is 0 Å². The number of H-pyrrole nitrogens is 4. The summed E-state index contributed by atoms with van der Waals surface area (Å²) >= 11 is 0. The van der Waals surface area contributed by atoms with Gasteiger partial charge in [0.25, 0.3) is 0 Å². The highest BCUT2D eigenvalue weighted by molar-refractivity contribution is 6.05. The third-order valence-electron chi connectivity index (χ3n) is 19.0. The van der Waals surface area contributed by atoms with Gasteiger partial charge in [-0.25, -0.2) is 19.9 Å². The van der Waals surface area contributed by atoms with Crippen LogP contribution in [0.5, 0.6) is 0 Å². The highest BCUT2D eigenvalue weighted by Crippen LogP contribution is 2.45. The van der Waals surface area contributed by atoms with Crippen LogP contribution in [0.1, 0.15) is 274 Å². The molecule has 6 aromatic rings. The molecule has 0 radical (unpaired) electrons. The first kappa shape index (κ1) is 59.8. The van der Waals surface area contributed by atoms with Gasteiger partial charge in [-0.15, -0.1) is 0 Å². The summed E-state index contributed by atoms with van der Waals surface area (Å²) in [7, 11) is 0. The van der Waals surface area contributed by atoms with Gasteiger partial charge in [0.2, 0.25) is 0 Å². The topological polar surface area (TPSA) is 132 Å². The highest BCUT2D eigenvalue weighted by atomic mass is 16.1. The molecule has 4 N–H and O–H groups in total. The lowest BCUT2D eigenvalue weighted by Crippen LogP contribution is -1.94. The molecule has 9 heteroatoms. The summed E-state index contributed by atoms with van der Waals surface area (Å²) < 4.78 is 0. The molecule has 4 aliphatic heterocycles. The normalized spacial score (nSPS) is 13.8. The largest absolute Gasteiger partial charge is 0.355 e. The van der Waals surface area contributed by atoms with Gasteiger partial charge in [0, 0.05) is 38.7 Å². The van der Waals surface area contributed by atoms with Crippen LogP contribution in [0.2, 0.25) is 0 Å². The van der Waals surface area contributed by atoms with Crippen molar-refractivity contribution in [3.63, 3.8) is 0 Å². The first-order chi connectivity index (χ1) is 40.9. The predicted octanol–water partition coefficient (Wildman–Crippen LogP) is 20.3. The molecule has 10 rings (SSSR count). The quantitative estimate of drug-likeness (QED) is 0.0600. The van der Waals surface area contributed by atoms with Crippen molar-refractivity contribution in [3.05, 3.63) is 137 Å². The van der Waals surface area contributed by atoms with Crippen LogP contribution in [0, 0.1) is 0 Å². The zero-order valence-corrected chi connectivity index (χ0v) is 53.6. The Hall–Kier alpha value is -7.39. The van der Waals surface area contributed by atoms with Crippen LogP contribution in [0.25, 0.3) is 101 Å². The summed E-state index contributed by atoms with van der Waals surface area (Å²) in [6.07, 6.45) is 19.3. The first-order valence-corrected chi connectivity index (χ1v) is 32.6. The van der Waals surface area contributed by atoms with Crippen LogP contribution in [-0.2, 0) is 51.4 Å². The minimum Gasteiger partial charge on any atom is -0.355 e. The second kappa shape index (κ2) is 25.1. The fraction of sp³-hybridized carbons (Fsp3) is 0.427. The fourth-order valence-corrected chi connectivity index (χ4v) is 15.2.